The maximum atomic E-state index is 11.7. The van der Waals surface area contributed by atoms with Crippen LogP contribution in [0.25, 0.3) is 0 Å². The lowest BCUT2D eigenvalue weighted by molar-refractivity contribution is -0.160. The highest BCUT2D eigenvalue weighted by molar-refractivity contribution is 5.70. The summed E-state index contributed by atoms with van der Waals surface area (Å²) in [4.78, 5) is 11.7. The molecule has 2 aliphatic carbocycles. The largest absolute Gasteiger partial charge is 0.462 e. The van der Waals surface area contributed by atoms with Crippen molar-refractivity contribution in [1.82, 2.24) is 0 Å². The first-order valence-corrected chi connectivity index (χ1v) is 12.0. The average Bonchev–Trinajstić information content (AvgIpc) is 2.66. The lowest BCUT2D eigenvalue weighted by atomic mass is 9.65. The molecular weight excluding hydrogens is 376 g/mol. The van der Waals surface area contributed by atoms with Gasteiger partial charge >= 0.3 is 5.97 Å². The van der Waals surface area contributed by atoms with Gasteiger partial charge < -0.3 is 14.6 Å². The fourth-order valence-electron chi connectivity index (χ4n) is 5.39. The lowest BCUT2D eigenvalue weighted by Crippen LogP contribution is -2.44. The number of allylic oxidation sites excluding steroid dienone is 3. The van der Waals surface area contributed by atoms with Crippen LogP contribution >= 0.6 is 0 Å². The first-order chi connectivity index (χ1) is 14.1. The van der Waals surface area contributed by atoms with Gasteiger partial charge in [0.25, 0.3) is 0 Å². The molecule has 1 N–H and O–H groups in total. The van der Waals surface area contributed by atoms with Crippen LogP contribution in [0, 0.1) is 29.1 Å². The van der Waals surface area contributed by atoms with E-state index in [4.69, 9.17) is 9.47 Å². The summed E-state index contributed by atoms with van der Waals surface area (Å²) in [5.74, 6) is 1.57. The number of carbonyl (C=O) groups excluding carboxylic acids is 1. The number of aliphatic hydroxyl groups excluding tert-OH is 1. The molecule has 8 unspecified atom stereocenters. The van der Waals surface area contributed by atoms with Crippen LogP contribution in [0.3, 0.4) is 0 Å². The van der Waals surface area contributed by atoms with Crippen LogP contribution in [0.2, 0.25) is 0 Å². The smallest absolute Gasteiger partial charge is 0.308 e. The monoisotopic (exact) mass is 418 g/mol. The van der Waals surface area contributed by atoms with E-state index in [0.717, 1.165) is 25.7 Å². The second-order valence-electron chi connectivity index (χ2n) is 10.7. The summed E-state index contributed by atoms with van der Waals surface area (Å²) in [7, 11) is 0. The molecule has 0 aromatic carbocycles. The van der Waals surface area contributed by atoms with Gasteiger partial charge in [0.15, 0.2) is 0 Å². The van der Waals surface area contributed by atoms with Crippen molar-refractivity contribution in [3.05, 3.63) is 23.8 Å². The van der Waals surface area contributed by atoms with Gasteiger partial charge in [-0.2, -0.15) is 0 Å². The molecule has 4 heteroatoms. The van der Waals surface area contributed by atoms with Crippen LogP contribution in [0.15, 0.2) is 23.8 Å². The molecule has 1 heterocycles. The molecule has 8 atom stereocenters. The summed E-state index contributed by atoms with van der Waals surface area (Å²) < 4.78 is 12.3. The standard InChI is InChI=1S/C26H42O4/c1-7-26(5,6)18(4)29-23-13-16(2)12-19-9-8-17(3)22(25(19)23)11-10-21-14-20(27)15-24(28)30-21/h8-9,12,16-18,20-23,25,27H,7,10-11,13-15H2,1-6H3. The third-order valence-electron chi connectivity index (χ3n) is 8.04. The molecule has 3 rings (SSSR count). The molecule has 1 saturated heterocycles. The highest BCUT2D eigenvalue weighted by Gasteiger charge is 2.42. The van der Waals surface area contributed by atoms with E-state index in [2.05, 4.69) is 59.8 Å². The zero-order valence-electron chi connectivity index (χ0n) is 19.8. The maximum Gasteiger partial charge on any atom is 0.308 e. The van der Waals surface area contributed by atoms with Crippen molar-refractivity contribution in [3.8, 4) is 0 Å². The second-order valence-corrected chi connectivity index (χ2v) is 10.7. The maximum absolute atomic E-state index is 11.7. The van der Waals surface area contributed by atoms with Crippen LogP contribution in [0.1, 0.15) is 80.1 Å². The van der Waals surface area contributed by atoms with E-state index >= 15 is 0 Å². The molecule has 0 amide bonds. The summed E-state index contributed by atoms with van der Waals surface area (Å²) in [5.41, 5.74) is 1.58. The Bertz CT molecular complexity index is 664. The van der Waals surface area contributed by atoms with E-state index in [1.807, 2.05) is 0 Å². The number of fused-ring (bicyclic) bond motifs is 1. The number of rotatable bonds is 7. The average molecular weight is 419 g/mol. The van der Waals surface area contributed by atoms with Gasteiger partial charge in [0, 0.05) is 12.3 Å². The molecule has 1 fully saturated rings. The number of esters is 1. The minimum atomic E-state index is -0.556. The molecule has 0 aromatic rings. The Hall–Kier alpha value is -1.13. The molecule has 0 radical (unpaired) electrons. The van der Waals surface area contributed by atoms with E-state index in [1.165, 1.54) is 5.57 Å². The van der Waals surface area contributed by atoms with Crippen LogP contribution in [-0.2, 0) is 14.3 Å². The van der Waals surface area contributed by atoms with Crippen molar-refractivity contribution in [2.75, 3.05) is 0 Å². The third kappa shape index (κ3) is 5.37. The SMILES string of the molecule is CCC(C)(C)C(C)OC1CC(C)C=C2C=CC(C)C(CCC3CC(O)CC(=O)O3)C21. The van der Waals surface area contributed by atoms with Crippen molar-refractivity contribution in [2.24, 2.45) is 29.1 Å². The Balaban J connectivity index is 1.75. The molecular formula is C26H42O4. The lowest BCUT2D eigenvalue weighted by Gasteiger charge is -2.46. The zero-order valence-corrected chi connectivity index (χ0v) is 19.8. The minimum Gasteiger partial charge on any atom is -0.462 e. The molecule has 170 valence electrons. The molecule has 1 aliphatic heterocycles. The Morgan fingerprint density at radius 1 is 1.27 bits per heavy atom. The molecule has 30 heavy (non-hydrogen) atoms. The molecule has 0 saturated carbocycles. The third-order valence-corrected chi connectivity index (χ3v) is 8.04. The first-order valence-electron chi connectivity index (χ1n) is 12.0. The fraction of sp³-hybridized carbons (Fsp3) is 0.808. The summed E-state index contributed by atoms with van der Waals surface area (Å²) in [5, 5.41) is 9.96. The topological polar surface area (TPSA) is 55.8 Å². The quantitative estimate of drug-likeness (QED) is 0.559. The number of aliphatic hydroxyl groups is 1. The van der Waals surface area contributed by atoms with Gasteiger partial charge in [-0.3, -0.25) is 4.79 Å². The van der Waals surface area contributed by atoms with E-state index in [0.29, 0.717) is 30.1 Å². The highest BCUT2D eigenvalue weighted by Crippen LogP contribution is 2.46. The Morgan fingerprint density at radius 3 is 2.67 bits per heavy atom. The zero-order chi connectivity index (χ0) is 22.1. The number of ether oxygens (including phenoxy) is 2. The van der Waals surface area contributed by atoms with E-state index in [-0.39, 0.29) is 36.1 Å². The number of hydrogen-bond acceptors (Lipinski definition) is 4. The number of hydrogen-bond donors (Lipinski definition) is 1. The van der Waals surface area contributed by atoms with Crippen molar-refractivity contribution < 1.29 is 19.4 Å². The van der Waals surface area contributed by atoms with Crippen LogP contribution in [-0.4, -0.2) is 35.5 Å². The second kappa shape index (κ2) is 9.56. The summed E-state index contributed by atoms with van der Waals surface area (Å²) in [6.45, 7) is 13.6. The number of carbonyl (C=O) groups is 1. The van der Waals surface area contributed by atoms with Crippen molar-refractivity contribution in [3.63, 3.8) is 0 Å². The predicted molar refractivity (Wildman–Crippen MR) is 120 cm³/mol. The molecule has 0 spiro atoms. The predicted octanol–water partition coefficient (Wildman–Crippen LogP) is 5.45. The van der Waals surface area contributed by atoms with Crippen LogP contribution in [0.5, 0.6) is 0 Å². The Kier molecular flexibility index (Phi) is 7.50. The van der Waals surface area contributed by atoms with Gasteiger partial charge in [0.2, 0.25) is 0 Å². The van der Waals surface area contributed by atoms with Gasteiger partial charge in [0.05, 0.1) is 24.7 Å². The van der Waals surface area contributed by atoms with Gasteiger partial charge in [0.1, 0.15) is 6.10 Å². The summed E-state index contributed by atoms with van der Waals surface area (Å²) in [6.07, 6.45) is 11.4. The van der Waals surface area contributed by atoms with Gasteiger partial charge in [-0.25, -0.2) is 0 Å². The normalized spacial score (nSPS) is 37.9. The van der Waals surface area contributed by atoms with Crippen LogP contribution < -0.4 is 0 Å². The molecule has 3 aliphatic rings. The molecule has 0 bridgehead atoms. The molecule has 4 nitrogen and oxygen atoms in total. The van der Waals surface area contributed by atoms with Crippen molar-refractivity contribution in [2.45, 2.75) is 104 Å². The highest BCUT2D eigenvalue weighted by atomic mass is 16.5. The van der Waals surface area contributed by atoms with Gasteiger partial charge in [-0.15, -0.1) is 0 Å². The van der Waals surface area contributed by atoms with Gasteiger partial charge in [-0.05, 0) is 61.3 Å². The van der Waals surface area contributed by atoms with Crippen LogP contribution in [0.4, 0.5) is 0 Å². The van der Waals surface area contributed by atoms with Crippen molar-refractivity contribution in [1.29, 1.82) is 0 Å². The van der Waals surface area contributed by atoms with E-state index < -0.39 is 6.10 Å². The van der Waals surface area contributed by atoms with Gasteiger partial charge in [-0.1, -0.05) is 52.8 Å². The number of cyclic esters (lactones) is 1. The fourth-order valence-corrected chi connectivity index (χ4v) is 5.39. The van der Waals surface area contributed by atoms with E-state index in [1.54, 1.807) is 0 Å². The first kappa shape index (κ1) is 23.5. The molecule has 0 aromatic heterocycles. The Labute approximate surface area is 183 Å². The van der Waals surface area contributed by atoms with Crippen molar-refractivity contribution >= 4 is 5.97 Å². The summed E-state index contributed by atoms with van der Waals surface area (Å²) in [6, 6.07) is 0. The summed E-state index contributed by atoms with van der Waals surface area (Å²) >= 11 is 0. The Morgan fingerprint density at radius 2 is 2.00 bits per heavy atom. The van der Waals surface area contributed by atoms with E-state index in [9.17, 15) is 9.90 Å². The minimum absolute atomic E-state index is 0.132.